The zero-order valence-corrected chi connectivity index (χ0v) is 10.2. The molecule has 5 heteroatoms. The monoisotopic (exact) mass is 237 g/mol. The lowest BCUT2D eigenvalue weighted by Crippen LogP contribution is -2.26. The lowest BCUT2D eigenvalue weighted by Gasteiger charge is -2.22. The smallest absolute Gasteiger partial charge is 0.240 e. The molecule has 0 saturated heterocycles. The molecule has 0 bridgehead atoms. The molecule has 2 saturated carbocycles. The van der Waals surface area contributed by atoms with Gasteiger partial charge in [-0.15, -0.1) is 0 Å². The normalized spacial score (nSPS) is 23.1. The number of rotatable bonds is 5. The molecule has 94 valence electrons. The van der Waals surface area contributed by atoms with Crippen LogP contribution in [-0.2, 0) is 16.9 Å². The summed E-state index contributed by atoms with van der Waals surface area (Å²) < 4.78 is 10.9. The Kier molecular flexibility index (Phi) is 2.88. The first-order chi connectivity index (χ1) is 8.32. The van der Waals surface area contributed by atoms with Crippen LogP contribution in [0.15, 0.2) is 4.52 Å². The van der Waals surface area contributed by atoms with E-state index in [1.54, 1.807) is 7.11 Å². The summed E-state index contributed by atoms with van der Waals surface area (Å²) in [6.45, 7) is 0.678. The Labute approximate surface area is 101 Å². The highest BCUT2D eigenvalue weighted by atomic mass is 16.5. The van der Waals surface area contributed by atoms with Crippen molar-refractivity contribution in [3.05, 3.63) is 11.7 Å². The van der Waals surface area contributed by atoms with Crippen molar-refractivity contribution >= 4 is 0 Å². The van der Waals surface area contributed by atoms with Crippen molar-refractivity contribution in [2.45, 2.75) is 56.7 Å². The second-order valence-electron chi connectivity index (χ2n) is 5.07. The average molecular weight is 237 g/mol. The van der Waals surface area contributed by atoms with Gasteiger partial charge in [-0.25, -0.2) is 0 Å². The molecular weight excluding hydrogens is 218 g/mol. The maximum Gasteiger partial charge on any atom is 0.240 e. The van der Waals surface area contributed by atoms with Gasteiger partial charge in [-0.05, 0) is 38.5 Å². The van der Waals surface area contributed by atoms with E-state index in [9.17, 15) is 0 Å². The van der Waals surface area contributed by atoms with Gasteiger partial charge in [-0.2, -0.15) is 4.98 Å². The maximum atomic E-state index is 5.63. The van der Waals surface area contributed by atoms with Gasteiger partial charge in [-0.3, -0.25) is 0 Å². The van der Waals surface area contributed by atoms with Gasteiger partial charge < -0.3 is 14.6 Å². The van der Waals surface area contributed by atoms with Crippen LogP contribution in [0.1, 0.15) is 50.2 Å². The van der Waals surface area contributed by atoms with Crippen LogP contribution in [0.4, 0.5) is 0 Å². The van der Waals surface area contributed by atoms with E-state index in [4.69, 9.17) is 9.26 Å². The molecule has 0 spiro atoms. The van der Waals surface area contributed by atoms with Crippen molar-refractivity contribution in [1.82, 2.24) is 15.5 Å². The molecular formula is C12H19N3O2. The molecule has 5 nitrogen and oxygen atoms in total. The number of nitrogens with zero attached hydrogens (tertiary/aromatic N) is 2. The average Bonchev–Trinajstić information content (AvgIpc) is 2.88. The zero-order valence-electron chi connectivity index (χ0n) is 10.2. The van der Waals surface area contributed by atoms with E-state index >= 15 is 0 Å². The van der Waals surface area contributed by atoms with Crippen molar-refractivity contribution in [2.75, 3.05) is 7.11 Å². The molecule has 1 heterocycles. The van der Waals surface area contributed by atoms with Crippen LogP contribution in [0.2, 0.25) is 0 Å². The molecule has 17 heavy (non-hydrogen) atoms. The molecule has 0 atom stereocenters. The van der Waals surface area contributed by atoms with Crippen molar-refractivity contribution in [3.8, 4) is 0 Å². The van der Waals surface area contributed by atoms with Crippen LogP contribution in [0.3, 0.4) is 0 Å². The standard InChI is InChI=1S/C12H19N3O2/c1-16-12(6-2-3-7-12)11-14-10(17-15-11)8-13-9-4-5-9/h9,13H,2-8H2,1H3. The summed E-state index contributed by atoms with van der Waals surface area (Å²) in [6.07, 6.45) is 6.89. The summed E-state index contributed by atoms with van der Waals surface area (Å²) in [4.78, 5) is 4.47. The quantitative estimate of drug-likeness (QED) is 0.845. The van der Waals surface area contributed by atoms with Crippen LogP contribution in [0.25, 0.3) is 0 Å². The van der Waals surface area contributed by atoms with Gasteiger partial charge in [0.15, 0.2) is 0 Å². The molecule has 3 rings (SSSR count). The van der Waals surface area contributed by atoms with Gasteiger partial charge in [-0.1, -0.05) is 5.16 Å². The second-order valence-corrected chi connectivity index (χ2v) is 5.07. The summed E-state index contributed by atoms with van der Waals surface area (Å²) >= 11 is 0. The van der Waals surface area contributed by atoms with Crippen molar-refractivity contribution in [1.29, 1.82) is 0 Å². The van der Waals surface area contributed by atoms with Crippen molar-refractivity contribution in [3.63, 3.8) is 0 Å². The van der Waals surface area contributed by atoms with E-state index in [1.165, 1.54) is 25.7 Å². The molecule has 2 fully saturated rings. The fraction of sp³-hybridized carbons (Fsp3) is 0.833. The Balaban J connectivity index is 1.69. The number of hydrogen-bond donors (Lipinski definition) is 1. The third-order valence-corrected chi connectivity index (χ3v) is 3.80. The number of aromatic nitrogens is 2. The summed E-state index contributed by atoms with van der Waals surface area (Å²) in [6, 6.07) is 0.660. The fourth-order valence-corrected chi connectivity index (χ4v) is 2.50. The minimum atomic E-state index is -0.290. The first-order valence-electron chi connectivity index (χ1n) is 6.44. The number of methoxy groups -OCH3 is 1. The molecule has 2 aliphatic rings. The van der Waals surface area contributed by atoms with Crippen LogP contribution in [-0.4, -0.2) is 23.3 Å². The van der Waals surface area contributed by atoms with Crippen LogP contribution in [0.5, 0.6) is 0 Å². The Hall–Kier alpha value is -0.940. The first kappa shape index (κ1) is 11.2. The Bertz CT molecular complexity index is 381. The summed E-state index contributed by atoms with van der Waals surface area (Å²) in [5, 5.41) is 7.46. The minimum Gasteiger partial charge on any atom is -0.370 e. The molecule has 0 amide bonds. The number of hydrogen-bond acceptors (Lipinski definition) is 5. The zero-order chi connectivity index (χ0) is 11.7. The highest BCUT2D eigenvalue weighted by molar-refractivity contribution is 5.04. The van der Waals surface area contributed by atoms with Gasteiger partial charge in [0, 0.05) is 13.2 Å². The summed E-state index contributed by atoms with van der Waals surface area (Å²) in [7, 11) is 1.74. The SMILES string of the molecule is COC1(c2noc(CNC3CC3)n2)CCCC1. The molecule has 1 aromatic heterocycles. The predicted octanol–water partition coefficient (Wildman–Crippen LogP) is 1.74. The van der Waals surface area contributed by atoms with E-state index in [0.29, 0.717) is 18.5 Å². The molecule has 1 N–H and O–H groups in total. The van der Waals surface area contributed by atoms with Gasteiger partial charge in [0.05, 0.1) is 6.54 Å². The molecule has 1 aromatic rings. The van der Waals surface area contributed by atoms with Gasteiger partial charge in [0.2, 0.25) is 11.7 Å². The maximum absolute atomic E-state index is 5.63. The van der Waals surface area contributed by atoms with E-state index < -0.39 is 0 Å². The summed E-state index contributed by atoms with van der Waals surface area (Å²) in [5.41, 5.74) is -0.290. The van der Waals surface area contributed by atoms with E-state index in [2.05, 4.69) is 15.5 Å². The van der Waals surface area contributed by atoms with Crippen LogP contribution in [0, 0.1) is 0 Å². The predicted molar refractivity (Wildman–Crippen MR) is 61.3 cm³/mol. The van der Waals surface area contributed by atoms with Crippen LogP contribution < -0.4 is 5.32 Å². The van der Waals surface area contributed by atoms with E-state index in [0.717, 1.165) is 18.7 Å². The Morgan fingerprint density at radius 2 is 2.18 bits per heavy atom. The molecule has 2 aliphatic carbocycles. The Morgan fingerprint density at radius 3 is 2.82 bits per heavy atom. The third-order valence-electron chi connectivity index (χ3n) is 3.80. The lowest BCUT2D eigenvalue weighted by molar-refractivity contribution is -0.0178. The highest BCUT2D eigenvalue weighted by Crippen LogP contribution is 2.40. The number of nitrogens with one attached hydrogen (secondary N) is 1. The van der Waals surface area contributed by atoms with Gasteiger partial charge >= 0.3 is 0 Å². The molecule has 0 radical (unpaired) electrons. The van der Waals surface area contributed by atoms with E-state index in [1.807, 2.05) is 0 Å². The molecule has 0 aliphatic heterocycles. The lowest BCUT2D eigenvalue weighted by atomic mass is 10.0. The fourth-order valence-electron chi connectivity index (χ4n) is 2.50. The third kappa shape index (κ3) is 2.21. The molecule has 0 unspecified atom stereocenters. The molecule has 0 aromatic carbocycles. The van der Waals surface area contributed by atoms with E-state index in [-0.39, 0.29) is 5.60 Å². The van der Waals surface area contributed by atoms with Crippen LogP contribution >= 0.6 is 0 Å². The highest BCUT2D eigenvalue weighted by Gasteiger charge is 2.40. The Morgan fingerprint density at radius 1 is 1.41 bits per heavy atom. The van der Waals surface area contributed by atoms with Gasteiger partial charge in [0.25, 0.3) is 0 Å². The second kappa shape index (κ2) is 4.38. The first-order valence-corrected chi connectivity index (χ1v) is 6.44. The largest absolute Gasteiger partial charge is 0.370 e. The van der Waals surface area contributed by atoms with Crippen molar-refractivity contribution in [2.24, 2.45) is 0 Å². The minimum absolute atomic E-state index is 0.290. The number of ether oxygens (including phenoxy) is 1. The summed E-state index contributed by atoms with van der Waals surface area (Å²) in [5.74, 6) is 1.40. The topological polar surface area (TPSA) is 60.2 Å². The van der Waals surface area contributed by atoms with Gasteiger partial charge in [0.1, 0.15) is 5.60 Å². The van der Waals surface area contributed by atoms with Crippen molar-refractivity contribution < 1.29 is 9.26 Å².